The smallest absolute Gasteiger partial charge is 0.406 e. The van der Waals surface area contributed by atoms with Crippen molar-refractivity contribution in [2.24, 2.45) is 11.8 Å². The number of ether oxygens (including phenoxy) is 1. The lowest BCUT2D eigenvalue weighted by Crippen LogP contribution is -2.23. The van der Waals surface area contributed by atoms with Crippen LogP contribution in [0.4, 0.5) is 13.2 Å². The summed E-state index contributed by atoms with van der Waals surface area (Å²) in [5.74, 6) is 0.311. The molecule has 1 aromatic rings. The number of alkyl halides is 3. The van der Waals surface area contributed by atoms with Crippen LogP contribution in [0.2, 0.25) is 0 Å². The van der Waals surface area contributed by atoms with Gasteiger partial charge >= 0.3 is 6.36 Å². The Labute approximate surface area is 119 Å². The molecule has 0 aromatic heterocycles. The molecule has 2 aliphatic rings. The zero-order chi connectivity index (χ0) is 15.3. The van der Waals surface area contributed by atoms with Crippen molar-refractivity contribution in [2.75, 3.05) is 0 Å². The molecule has 0 radical (unpaired) electrons. The van der Waals surface area contributed by atoms with Crippen LogP contribution in [0.1, 0.15) is 31.2 Å². The summed E-state index contributed by atoms with van der Waals surface area (Å²) >= 11 is 0. The minimum absolute atomic E-state index is 0.189. The first-order chi connectivity index (χ1) is 9.75. The number of ketones is 1. The Morgan fingerprint density at radius 3 is 2.10 bits per heavy atom. The van der Waals surface area contributed by atoms with Gasteiger partial charge in [-0.15, -0.1) is 13.2 Å². The largest absolute Gasteiger partial charge is 0.573 e. The van der Waals surface area contributed by atoms with Gasteiger partial charge in [-0.2, -0.15) is 0 Å². The maximum Gasteiger partial charge on any atom is 0.573 e. The number of halogens is 3. The van der Waals surface area contributed by atoms with Crippen LogP contribution in [-0.4, -0.2) is 17.3 Å². The normalized spacial score (nSPS) is 32.3. The molecule has 2 aliphatic carbocycles. The van der Waals surface area contributed by atoms with Gasteiger partial charge in [-0.25, -0.2) is 0 Å². The highest BCUT2D eigenvalue weighted by Crippen LogP contribution is 2.51. The van der Waals surface area contributed by atoms with Crippen molar-refractivity contribution in [3.63, 3.8) is 0 Å². The first-order valence-corrected chi connectivity index (χ1v) is 6.85. The van der Waals surface area contributed by atoms with E-state index in [0.717, 1.165) is 0 Å². The van der Waals surface area contributed by atoms with E-state index in [4.69, 9.17) is 0 Å². The lowest BCUT2D eigenvalue weighted by Gasteiger charge is -2.24. The molecule has 21 heavy (non-hydrogen) atoms. The summed E-state index contributed by atoms with van der Waals surface area (Å²) in [6.07, 6.45) is -2.74. The van der Waals surface area contributed by atoms with Crippen LogP contribution in [0.25, 0.3) is 0 Å². The first-order valence-electron chi connectivity index (χ1n) is 6.85. The van der Waals surface area contributed by atoms with Crippen molar-refractivity contribution in [3.05, 3.63) is 29.8 Å². The van der Waals surface area contributed by atoms with Gasteiger partial charge in [0.15, 0.2) is 0 Å². The maximum absolute atomic E-state index is 12.1. The van der Waals surface area contributed by atoms with E-state index < -0.39 is 12.0 Å². The van der Waals surface area contributed by atoms with Gasteiger partial charge in [0.25, 0.3) is 0 Å². The molecular weight excluding hydrogens is 285 g/mol. The summed E-state index contributed by atoms with van der Waals surface area (Å²) in [5, 5.41) is 10.7. The summed E-state index contributed by atoms with van der Waals surface area (Å²) in [5.41, 5.74) is -0.467. The predicted molar refractivity (Wildman–Crippen MR) is 67.5 cm³/mol. The van der Waals surface area contributed by atoms with E-state index in [9.17, 15) is 23.1 Å². The van der Waals surface area contributed by atoms with E-state index in [1.165, 1.54) is 24.3 Å². The molecule has 1 N–H and O–H groups in total. The third-order valence-corrected chi connectivity index (χ3v) is 4.47. The summed E-state index contributed by atoms with van der Waals surface area (Å²) in [4.78, 5) is 11.4. The highest BCUT2D eigenvalue weighted by Gasteiger charge is 2.49. The van der Waals surface area contributed by atoms with E-state index in [-0.39, 0.29) is 23.4 Å². The third kappa shape index (κ3) is 2.90. The molecule has 0 aliphatic heterocycles. The molecule has 2 saturated carbocycles. The van der Waals surface area contributed by atoms with E-state index in [1.807, 2.05) is 0 Å². The van der Waals surface area contributed by atoms with Gasteiger partial charge in [0.2, 0.25) is 0 Å². The van der Waals surface area contributed by atoms with Gasteiger partial charge in [-0.3, -0.25) is 4.79 Å². The molecule has 2 unspecified atom stereocenters. The quantitative estimate of drug-likeness (QED) is 0.912. The lowest BCUT2D eigenvalue weighted by atomic mass is 9.89. The predicted octanol–water partition coefficient (Wildman–Crippen LogP) is 3.16. The van der Waals surface area contributed by atoms with E-state index in [2.05, 4.69) is 4.74 Å². The second-order valence-electron chi connectivity index (χ2n) is 5.98. The van der Waals surface area contributed by atoms with Gasteiger partial charge in [-0.05, 0) is 42.4 Å². The molecule has 6 heteroatoms. The van der Waals surface area contributed by atoms with Crippen LogP contribution < -0.4 is 4.74 Å². The topological polar surface area (TPSA) is 46.5 Å². The molecule has 0 amide bonds. The Morgan fingerprint density at radius 2 is 1.62 bits per heavy atom. The number of hydrogen-bond acceptors (Lipinski definition) is 3. The summed E-state index contributed by atoms with van der Waals surface area (Å²) in [7, 11) is 0. The molecule has 0 spiro atoms. The van der Waals surface area contributed by atoms with E-state index in [0.29, 0.717) is 31.2 Å². The second kappa shape index (κ2) is 4.73. The number of fused-ring (bicyclic) bond motifs is 1. The fraction of sp³-hybridized carbons (Fsp3) is 0.533. The first kappa shape index (κ1) is 14.4. The lowest BCUT2D eigenvalue weighted by molar-refractivity contribution is -0.274. The SMILES string of the molecule is O=C1CC2CC(O)(c3ccc(OC(F)(F)F)cc3)CC2C1. The average molecular weight is 300 g/mol. The Hall–Kier alpha value is -1.56. The van der Waals surface area contributed by atoms with Crippen LogP contribution in [0.3, 0.4) is 0 Å². The van der Waals surface area contributed by atoms with Crippen LogP contribution in [0.5, 0.6) is 5.75 Å². The number of benzene rings is 1. The minimum atomic E-state index is -4.72. The third-order valence-electron chi connectivity index (χ3n) is 4.47. The van der Waals surface area contributed by atoms with Crippen molar-refractivity contribution >= 4 is 5.78 Å². The van der Waals surface area contributed by atoms with E-state index in [1.54, 1.807) is 0 Å². The number of aliphatic hydroxyl groups is 1. The molecule has 3 rings (SSSR count). The number of carbonyl (C=O) groups is 1. The minimum Gasteiger partial charge on any atom is -0.406 e. The molecular formula is C15H15F3O3. The van der Waals surface area contributed by atoms with Gasteiger partial charge in [-0.1, -0.05) is 12.1 Å². The molecule has 0 bridgehead atoms. The average Bonchev–Trinajstić information content (AvgIpc) is 2.81. The fourth-order valence-corrected chi connectivity index (χ4v) is 3.63. The van der Waals surface area contributed by atoms with Crippen LogP contribution >= 0.6 is 0 Å². The summed E-state index contributed by atoms with van der Waals surface area (Å²) in [6.45, 7) is 0. The number of rotatable bonds is 2. The van der Waals surface area contributed by atoms with Crippen molar-refractivity contribution < 1.29 is 27.8 Å². The highest BCUT2D eigenvalue weighted by molar-refractivity contribution is 5.81. The molecule has 1 aromatic carbocycles. The Morgan fingerprint density at radius 1 is 1.10 bits per heavy atom. The Bertz CT molecular complexity index is 534. The molecule has 0 heterocycles. The second-order valence-corrected chi connectivity index (χ2v) is 5.98. The highest BCUT2D eigenvalue weighted by atomic mass is 19.4. The van der Waals surface area contributed by atoms with Crippen molar-refractivity contribution in [2.45, 2.75) is 37.6 Å². The van der Waals surface area contributed by atoms with Crippen molar-refractivity contribution in [1.82, 2.24) is 0 Å². The fourth-order valence-electron chi connectivity index (χ4n) is 3.63. The van der Waals surface area contributed by atoms with Crippen LogP contribution in [0, 0.1) is 11.8 Å². The zero-order valence-corrected chi connectivity index (χ0v) is 11.2. The maximum atomic E-state index is 12.1. The van der Waals surface area contributed by atoms with Crippen LogP contribution in [0.15, 0.2) is 24.3 Å². The summed E-state index contributed by atoms with van der Waals surface area (Å²) in [6, 6.07) is 5.34. The molecule has 2 atom stereocenters. The van der Waals surface area contributed by atoms with Crippen molar-refractivity contribution in [1.29, 1.82) is 0 Å². The van der Waals surface area contributed by atoms with Crippen molar-refractivity contribution in [3.8, 4) is 5.75 Å². The Kier molecular flexibility index (Phi) is 3.24. The Balaban J connectivity index is 1.74. The zero-order valence-electron chi connectivity index (χ0n) is 11.2. The molecule has 0 saturated heterocycles. The van der Waals surface area contributed by atoms with Gasteiger partial charge in [0.05, 0.1) is 5.60 Å². The van der Waals surface area contributed by atoms with Gasteiger partial charge in [0.1, 0.15) is 11.5 Å². The molecule has 2 fully saturated rings. The molecule has 3 nitrogen and oxygen atoms in total. The summed E-state index contributed by atoms with van der Waals surface area (Å²) < 4.78 is 40.1. The van der Waals surface area contributed by atoms with Gasteiger partial charge in [0, 0.05) is 12.8 Å². The number of Topliss-reactive ketones (excluding diaryl/α,β-unsaturated/α-hetero) is 1. The van der Waals surface area contributed by atoms with Crippen LogP contribution in [-0.2, 0) is 10.4 Å². The van der Waals surface area contributed by atoms with E-state index >= 15 is 0 Å². The molecule has 114 valence electrons. The standard InChI is InChI=1S/C15H15F3O3/c16-15(17,18)21-13-3-1-11(2-4-13)14(20)7-9-5-12(19)6-10(9)8-14/h1-4,9-10,20H,5-8H2. The van der Waals surface area contributed by atoms with Gasteiger partial charge < -0.3 is 9.84 Å². The monoisotopic (exact) mass is 300 g/mol. The number of hydrogen-bond donors (Lipinski definition) is 1. The number of carbonyl (C=O) groups excluding carboxylic acids is 1.